The van der Waals surface area contributed by atoms with Crippen LogP contribution in [0.15, 0.2) is 78.5 Å². The normalized spacial score (nSPS) is 16.4. The highest BCUT2D eigenvalue weighted by Gasteiger charge is 2.46. The maximum atomic E-state index is 13.3. The summed E-state index contributed by atoms with van der Waals surface area (Å²) in [6, 6.07) is 14.8. The van der Waals surface area contributed by atoms with Crippen LogP contribution in [0.1, 0.15) is 22.7 Å². The molecule has 1 atom stereocenters. The van der Waals surface area contributed by atoms with Crippen molar-refractivity contribution in [1.29, 1.82) is 0 Å². The van der Waals surface area contributed by atoms with Crippen molar-refractivity contribution >= 4 is 39.7 Å². The number of aliphatic hydroxyl groups is 1. The lowest BCUT2D eigenvalue weighted by molar-refractivity contribution is -0.385. The molecular formula is C28H22N4O8. The summed E-state index contributed by atoms with van der Waals surface area (Å²) in [5.74, 6) is -1.73. The number of likely N-dealkylation sites (tertiary alicyclic amines) is 1. The van der Waals surface area contributed by atoms with Crippen LogP contribution in [0, 0.1) is 20.2 Å². The molecule has 0 radical (unpaired) electrons. The number of carbonyl (C=O) groups excluding carboxylic acids is 2. The Balaban J connectivity index is 1.58. The number of aromatic amines is 1. The molecule has 1 saturated heterocycles. The van der Waals surface area contributed by atoms with Crippen LogP contribution in [-0.2, 0) is 16.0 Å². The van der Waals surface area contributed by atoms with Crippen molar-refractivity contribution in [2.45, 2.75) is 12.5 Å². The molecule has 40 heavy (non-hydrogen) atoms. The predicted molar refractivity (Wildman–Crippen MR) is 144 cm³/mol. The first-order valence-electron chi connectivity index (χ1n) is 12.1. The molecule has 0 bridgehead atoms. The number of carbonyl (C=O) groups is 2. The van der Waals surface area contributed by atoms with E-state index in [1.807, 2.05) is 18.2 Å². The number of nitrogens with zero attached hydrogens (tertiary/aromatic N) is 3. The molecule has 1 unspecified atom stereocenters. The van der Waals surface area contributed by atoms with Crippen LogP contribution < -0.4 is 4.74 Å². The second kappa shape index (κ2) is 10.3. The largest absolute Gasteiger partial charge is 0.507 e. The van der Waals surface area contributed by atoms with Gasteiger partial charge in [0.05, 0.1) is 28.6 Å². The van der Waals surface area contributed by atoms with Crippen molar-refractivity contribution in [3.8, 4) is 5.75 Å². The van der Waals surface area contributed by atoms with Gasteiger partial charge in [-0.2, -0.15) is 0 Å². The quantitative estimate of drug-likeness (QED) is 0.106. The number of rotatable bonds is 8. The maximum Gasteiger partial charge on any atom is 0.295 e. The number of nitrogens with one attached hydrogen (secondary N) is 1. The lowest BCUT2D eigenvalue weighted by Crippen LogP contribution is -2.31. The van der Waals surface area contributed by atoms with Gasteiger partial charge >= 0.3 is 0 Å². The summed E-state index contributed by atoms with van der Waals surface area (Å²) in [5, 5.41) is 34.6. The van der Waals surface area contributed by atoms with Crippen LogP contribution in [-0.4, -0.2) is 50.2 Å². The van der Waals surface area contributed by atoms with Crippen LogP contribution in [0.2, 0.25) is 0 Å². The van der Waals surface area contributed by atoms with E-state index < -0.39 is 33.3 Å². The van der Waals surface area contributed by atoms with E-state index in [9.17, 15) is 34.9 Å². The van der Waals surface area contributed by atoms with E-state index in [0.29, 0.717) is 12.2 Å². The average molecular weight is 543 g/mol. The molecule has 202 valence electrons. The minimum atomic E-state index is -1.13. The third-order valence-electron chi connectivity index (χ3n) is 6.88. The Kier molecular flexibility index (Phi) is 6.74. The zero-order valence-corrected chi connectivity index (χ0v) is 21.1. The number of ether oxygens (including phenoxy) is 1. The molecule has 12 nitrogen and oxygen atoms in total. The number of non-ortho nitro benzene ring substituents is 2. The number of nitro benzene ring substituents is 2. The Morgan fingerprint density at radius 2 is 1.73 bits per heavy atom. The molecule has 1 aliphatic heterocycles. The standard InChI is InChI=1S/C28H22N4O8/c1-40-21-9-10-23-22(14-21)18(15-29-23)11-12-30-25(17-3-2-4-20(13-17)32(38)39)24(27(34)28(30)35)26(33)16-5-7-19(8-6-16)31(36)37/h2-10,13-15,25,29,33H,11-12H2,1H3/b26-24-. The van der Waals surface area contributed by atoms with E-state index in [2.05, 4.69) is 4.98 Å². The lowest BCUT2D eigenvalue weighted by Gasteiger charge is -2.25. The number of ketones is 1. The Morgan fingerprint density at radius 3 is 2.40 bits per heavy atom. The maximum absolute atomic E-state index is 13.3. The van der Waals surface area contributed by atoms with Gasteiger partial charge in [0.1, 0.15) is 11.5 Å². The molecule has 0 spiro atoms. The van der Waals surface area contributed by atoms with Crippen LogP contribution in [0.3, 0.4) is 0 Å². The van der Waals surface area contributed by atoms with Crippen LogP contribution in [0.4, 0.5) is 11.4 Å². The summed E-state index contributed by atoms with van der Waals surface area (Å²) in [5.41, 5.74) is 1.32. The van der Waals surface area contributed by atoms with Crippen molar-refractivity contribution in [2.75, 3.05) is 13.7 Å². The van der Waals surface area contributed by atoms with E-state index in [-0.39, 0.29) is 34.6 Å². The van der Waals surface area contributed by atoms with Crippen molar-refractivity contribution < 1.29 is 29.3 Å². The zero-order chi connectivity index (χ0) is 28.6. The van der Waals surface area contributed by atoms with Crippen molar-refractivity contribution in [3.63, 3.8) is 0 Å². The Bertz CT molecular complexity index is 1710. The fourth-order valence-corrected chi connectivity index (χ4v) is 4.89. The SMILES string of the molecule is COc1ccc2[nH]cc(CCN3C(=O)C(=O)/C(=C(\O)c4ccc([N+](=O)[O-])cc4)C3c3cccc([N+](=O)[O-])c3)c2c1. The van der Waals surface area contributed by atoms with Crippen molar-refractivity contribution in [3.05, 3.63) is 115 Å². The fraction of sp³-hybridized carbons (Fsp3) is 0.143. The number of aliphatic hydroxyl groups excluding tert-OH is 1. The minimum Gasteiger partial charge on any atom is -0.507 e. The van der Waals surface area contributed by atoms with Crippen LogP contribution in [0.5, 0.6) is 5.75 Å². The molecule has 0 saturated carbocycles. The van der Waals surface area contributed by atoms with E-state index in [1.165, 1.54) is 53.4 Å². The summed E-state index contributed by atoms with van der Waals surface area (Å²) in [4.78, 5) is 52.4. The Labute approximate surface area is 226 Å². The summed E-state index contributed by atoms with van der Waals surface area (Å²) in [7, 11) is 1.55. The number of Topliss-reactive ketones (excluding diaryl/α,β-unsaturated/α-hetero) is 1. The molecule has 1 aliphatic rings. The number of nitro groups is 2. The average Bonchev–Trinajstić information content (AvgIpc) is 3.48. The summed E-state index contributed by atoms with van der Waals surface area (Å²) in [6.07, 6.45) is 2.11. The van der Waals surface area contributed by atoms with Gasteiger partial charge in [-0.15, -0.1) is 0 Å². The molecule has 1 aromatic heterocycles. The smallest absolute Gasteiger partial charge is 0.295 e. The van der Waals surface area contributed by atoms with E-state index >= 15 is 0 Å². The fourth-order valence-electron chi connectivity index (χ4n) is 4.89. The highest BCUT2D eigenvalue weighted by molar-refractivity contribution is 6.46. The zero-order valence-electron chi connectivity index (χ0n) is 21.1. The molecular weight excluding hydrogens is 520 g/mol. The van der Waals surface area contributed by atoms with Gasteiger partial charge in [-0.3, -0.25) is 29.8 Å². The number of amides is 1. The Morgan fingerprint density at radius 1 is 1.00 bits per heavy atom. The van der Waals surface area contributed by atoms with Gasteiger partial charge < -0.3 is 19.7 Å². The van der Waals surface area contributed by atoms with Gasteiger partial charge in [0.25, 0.3) is 23.1 Å². The van der Waals surface area contributed by atoms with Crippen molar-refractivity contribution in [1.82, 2.24) is 9.88 Å². The monoisotopic (exact) mass is 542 g/mol. The first kappa shape index (κ1) is 26.1. The third kappa shape index (κ3) is 4.62. The van der Waals surface area contributed by atoms with E-state index in [4.69, 9.17) is 4.74 Å². The lowest BCUT2D eigenvalue weighted by atomic mass is 9.94. The molecule has 4 aromatic rings. The molecule has 12 heteroatoms. The number of methoxy groups -OCH3 is 1. The van der Waals surface area contributed by atoms with Gasteiger partial charge in [0.2, 0.25) is 0 Å². The number of benzene rings is 3. The number of hydrogen-bond acceptors (Lipinski definition) is 8. The topological polar surface area (TPSA) is 169 Å². The van der Waals surface area contributed by atoms with Gasteiger partial charge in [-0.1, -0.05) is 12.1 Å². The highest BCUT2D eigenvalue weighted by atomic mass is 16.6. The molecule has 1 fully saturated rings. The summed E-state index contributed by atoms with van der Waals surface area (Å²) < 4.78 is 5.31. The number of aromatic nitrogens is 1. The second-order valence-electron chi connectivity index (χ2n) is 9.12. The number of H-pyrrole nitrogens is 1. The number of fused-ring (bicyclic) bond motifs is 1. The van der Waals surface area contributed by atoms with Crippen LogP contribution >= 0.6 is 0 Å². The molecule has 2 N–H and O–H groups in total. The molecule has 1 amide bonds. The van der Waals surface area contributed by atoms with Gasteiger partial charge in [-0.05, 0) is 47.9 Å². The summed E-state index contributed by atoms with van der Waals surface area (Å²) in [6.45, 7) is 0.0547. The highest BCUT2D eigenvalue weighted by Crippen LogP contribution is 2.40. The van der Waals surface area contributed by atoms with Gasteiger partial charge in [0, 0.05) is 53.5 Å². The van der Waals surface area contributed by atoms with Gasteiger partial charge in [-0.25, -0.2) is 0 Å². The first-order valence-corrected chi connectivity index (χ1v) is 12.1. The third-order valence-corrected chi connectivity index (χ3v) is 6.88. The van der Waals surface area contributed by atoms with Crippen molar-refractivity contribution in [2.24, 2.45) is 0 Å². The molecule has 0 aliphatic carbocycles. The van der Waals surface area contributed by atoms with Gasteiger partial charge in [0.15, 0.2) is 0 Å². The van der Waals surface area contributed by atoms with E-state index in [0.717, 1.165) is 16.5 Å². The molecule has 2 heterocycles. The molecule has 3 aromatic carbocycles. The predicted octanol–water partition coefficient (Wildman–Crippen LogP) is 4.66. The minimum absolute atomic E-state index is 0.0547. The first-order chi connectivity index (χ1) is 19.2. The summed E-state index contributed by atoms with van der Waals surface area (Å²) >= 11 is 0. The van der Waals surface area contributed by atoms with E-state index in [1.54, 1.807) is 13.3 Å². The molecule has 5 rings (SSSR count). The second-order valence-corrected chi connectivity index (χ2v) is 9.12. The Hall–Kier alpha value is -5.52. The number of hydrogen-bond donors (Lipinski definition) is 2. The van der Waals surface area contributed by atoms with Crippen LogP contribution in [0.25, 0.3) is 16.7 Å².